The maximum Gasteiger partial charge on any atom is 0.326 e. The second kappa shape index (κ2) is 9.88. The standard InChI is InChI=1S/C13H25N3O3S/c1-20-10-5-11(12(17)18)15-13(19)14-6-4-9-16-7-2-3-8-16/h11H,2-10H2,1H3,(H,17,18)(H2,14,15,19)/t11-/m1/s1. The first kappa shape index (κ1) is 17.1. The molecule has 2 amide bonds. The van der Waals surface area contributed by atoms with Gasteiger partial charge in [0.2, 0.25) is 0 Å². The topological polar surface area (TPSA) is 81.7 Å². The van der Waals surface area contributed by atoms with Gasteiger partial charge in [0.25, 0.3) is 0 Å². The number of hydrogen-bond donors (Lipinski definition) is 3. The monoisotopic (exact) mass is 303 g/mol. The van der Waals surface area contributed by atoms with Crippen LogP contribution in [0.5, 0.6) is 0 Å². The Kier molecular flexibility index (Phi) is 8.45. The average Bonchev–Trinajstić information content (AvgIpc) is 2.92. The third-order valence-electron chi connectivity index (χ3n) is 3.35. The number of aliphatic carboxylic acids is 1. The Morgan fingerprint density at radius 1 is 1.35 bits per heavy atom. The molecule has 0 spiro atoms. The summed E-state index contributed by atoms with van der Waals surface area (Å²) in [5.74, 6) is -0.266. The lowest BCUT2D eigenvalue weighted by Gasteiger charge is -2.16. The molecule has 1 rings (SSSR count). The molecule has 1 fully saturated rings. The fourth-order valence-electron chi connectivity index (χ4n) is 2.21. The lowest BCUT2D eigenvalue weighted by Crippen LogP contribution is -2.46. The molecule has 0 aliphatic carbocycles. The molecule has 0 unspecified atom stereocenters. The highest BCUT2D eigenvalue weighted by molar-refractivity contribution is 7.98. The predicted octanol–water partition coefficient (Wildman–Crippen LogP) is 0.978. The second-order valence-electron chi connectivity index (χ2n) is 4.97. The van der Waals surface area contributed by atoms with Gasteiger partial charge in [0.15, 0.2) is 0 Å². The molecule has 1 atom stereocenters. The van der Waals surface area contributed by atoms with Crippen LogP contribution in [0, 0.1) is 0 Å². The van der Waals surface area contributed by atoms with E-state index in [4.69, 9.17) is 5.11 Å². The number of nitrogens with zero attached hydrogens (tertiary/aromatic N) is 1. The van der Waals surface area contributed by atoms with Crippen molar-refractivity contribution in [2.45, 2.75) is 31.7 Å². The van der Waals surface area contributed by atoms with Gasteiger partial charge in [-0.2, -0.15) is 11.8 Å². The SMILES string of the molecule is CSCC[C@@H](NC(=O)NCCCN1CCCC1)C(=O)O. The van der Waals surface area contributed by atoms with Gasteiger partial charge in [0.1, 0.15) is 6.04 Å². The fraction of sp³-hybridized carbons (Fsp3) is 0.846. The Hall–Kier alpha value is -0.950. The number of amides is 2. The molecular weight excluding hydrogens is 278 g/mol. The molecule has 20 heavy (non-hydrogen) atoms. The van der Waals surface area contributed by atoms with E-state index in [1.54, 1.807) is 11.8 Å². The minimum atomic E-state index is -0.980. The van der Waals surface area contributed by atoms with Crippen LogP contribution in [0.3, 0.4) is 0 Å². The van der Waals surface area contributed by atoms with Gasteiger partial charge in [-0.05, 0) is 57.3 Å². The van der Waals surface area contributed by atoms with Crippen LogP contribution in [-0.4, -0.2) is 66.2 Å². The van der Waals surface area contributed by atoms with Crippen molar-refractivity contribution in [3.8, 4) is 0 Å². The van der Waals surface area contributed by atoms with Crippen LogP contribution in [0.1, 0.15) is 25.7 Å². The summed E-state index contributed by atoms with van der Waals surface area (Å²) in [6, 6.07) is -1.19. The van der Waals surface area contributed by atoms with Crippen molar-refractivity contribution < 1.29 is 14.7 Å². The van der Waals surface area contributed by atoms with Crippen LogP contribution in [-0.2, 0) is 4.79 Å². The van der Waals surface area contributed by atoms with E-state index in [2.05, 4.69) is 15.5 Å². The molecular formula is C13H25N3O3S. The Labute approximate surface area is 124 Å². The molecule has 0 aromatic heterocycles. The molecule has 1 aliphatic rings. The van der Waals surface area contributed by atoms with E-state index in [0.717, 1.165) is 26.1 Å². The highest BCUT2D eigenvalue weighted by Gasteiger charge is 2.19. The van der Waals surface area contributed by atoms with E-state index in [1.165, 1.54) is 12.8 Å². The number of rotatable bonds is 9. The van der Waals surface area contributed by atoms with Gasteiger partial charge in [-0.25, -0.2) is 9.59 Å². The van der Waals surface area contributed by atoms with Crippen molar-refractivity contribution >= 4 is 23.8 Å². The Morgan fingerprint density at radius 3 is 2.65 bits per heavy atom. The van der Waals surface area contributed by atoms with Gasteiger partial charge >= 0.3 is 12.0 Å². The number of hydrogen-bond acceptors (Lipinski definition) is 4. The molecule has 7 heteroatoms. The first-order chi connectivity index (χ1) is 9.63. The summed E-state index contributed by atoms with van der Waals surface area (Å²) in [6.45, 7) is 3.89. The smallest absolute Gasteiger partial charge is 0.326 e. The maximum absolute atomic E-state index is 11.6. The average molecular weight is 303 g/mol. The summed E-state index contributed by atoms with van der Waals surface area (Å²) in [7, 11) is 0. The van der Waals surface area contributed by atoms with Crippen molar-refractivity contribution in [3.05, 3.63) is 0 Å². The highest BCUT2D eigenvalue weighted by atomic mass is 32.2. The minimum absolute atomic E-state index is 0.389. The van der Waals surface area contributed by atoms with Crippen LogP contribution in [0.2, 0.25) is 0 Å². The molecule has 1 heterocycles. The molecule has 0 aromatic rings. The molecule has 1 saturated heterocycles. The molecule has 116 valence electrons. The van der Waals surface area contributed by atoms with E-state index >= 15 is 0 Å². The van der Waals surface area contributed by atoms with Crippen LogP contribution < -0.4 is 10.6 Å². The third-order valence-corrected chi connectivity index (χ3v) is 3.99. The van der Waals surface area contributed by atoms with E-state index in [0.29, 0.717) is 18.7 Å². The number of carbonyl (C=O) groups is 2. The number of carboxylic acids is 1. The molecule has 0 bridgehead atoms. The zero-order valence-electron chi connectivity index (χ0n) is 12.1. The number of thioether (sulfide) groups is 1. The largest absolute Gasteiger partial charge is 0.480 e. The molecule has 0 saturated carbocycles. The van der Waals surface area contributed by atoms with Gasteiger partial charge < -0.3 is 20.6 Å². The maximum atomic E-state index is 11.6. The highest BCUT2D eigenvalue weighted by Crippen LogP contribution is 2.06. The molecule has 0 aromatic carbocycles. The molecule has 6 nitrogen and oxygen atoms in total. The first-order valence-corrected chi connectivity index (χ1v) is 8.51. The van der Waals surface area contributed by atoms with Crippen molar-refractivity contribution in [1.82, 2.24) is 15.5 Å². The van der Waals surface area contributed by atoms with E-state index in [9.17, 15) is 9.59 Å². The molecule has 1 aliphatic heterocycles. The van der Waals surface area contributed by atoms with Gasteiger partial charge in [-0.3, -0.25) is 0 Å². The zero-order chi connectivity index (χ0) is 14.8. The summed E-state index contributed by atoms with van der Waals surface area (Å²) < 4.78 is 0. The van der Waals surface area contributed by atoms with Crippen molar-refractivity contribution in [1.29, 1.82) is 0 Å². The Balaban J connectivity index is 2.12. The van der Waals surface area contributed by atoms with Crippen molar-refractivity contribution in [2.75, 3.05) is 38.2 Å². The summed E-state index contributed by atoms with van der Waals surface area (Å²) in [5, 5.41) is 14.2. The Bertz CT molecular complexity index is 309. The van der Waals surface area contributed by atoms with Crippen LogP contribution in [0.25, 0.3) is 0 Å². The normalized spacial score (nSPS) is 16.9. The van der Waals surface area contributed by atoms with Crippen molar-refractivity contribution in [3.63, 3.8) is 0 Å². The lowest BCUT2D eigenvalue weighted by atomic mass is 10.2. The Morgan fingerprint density at radius 2 is 2.05 bits per heavy atom. The number of carbonyl (C=O) groups excluding carboxylic acids is 1. The van der Waals surface area contributed by atoms with Crippen LogP contribution >= 0.6 is 11.8 Å². The lowest BCUT2D eigenvalue weighted by molar-refractivity contribution is -0.139. The minimum Gasteiger partial charge on any atom is -0.480 e. The van der Waals surface area contributed by atoms with Gasteiger partial charge in [0, 0.05) is 6.54 Å². The van der Waals surface area contributed by atoms with E-state index in [-0.39, 0.29) is 6.03 Å². The third kappa shape index (κ3) is 7.00. The summed E-state index contributed by atoms with van der Waals surface area (Å²) in [4.78, 5) is 25.0. The van der Waals surface area contributed by atoms with Gasteiger partial charge in [-0.1, -0.05) is 0 Å². The van der Waals surface area contributed by atoms with Crippen molar-refractivity contribution in [2.24, 2.45) is 0 Å². The second-order valence-corrected chi connectivity index (χ2v) is 5.96. The number of nitrogens with one attached hydrogen (secondary N) is 2. The molecule has 0 radical (unpaired) electrons. The van der Waals surface area contributed by atoms with Gasteiger partial charge in [0.05, 0.1) is 0 Å². The molecule has 3 N–H and O–H groups in total. The zero-order valence-corrected chi connectivity index (χ0v) is 12.9. The van der Waals surface area contributed by atoms with E-state index < -0.39 is 12.0 Å². The van der Waals surface area contributed by atoms with Crippen LogP contribution in [0.15, 0.2) is 0 Å². The summed E-state index contributed by atoms with van der Waals surface area (Å²) in [6.07, 6.45) is 5.79. The predicted molar refractivity (Wildman–Crippen MR) is 81.2 cm³/mol. The number of urea groups is 1. The fourth-order valence-corrected chi connectivity index (χ4v) is 2.68. The number of carboxylic acid groups (broad SMARTS) is 1. The van der Waals surface area contributed by atoms with Crippen LogP contribution in [0.4, 0.5) is 4.79 Å². The van der Waals surface area contributed by atoms with E-state index in [1.807, 2.05) is 6.26 Å². The summed E-state index contributed by atoms with van der Waals surface area (Å²) in [5.41, 5.74) is 0. The summed E-state index contributed by atoms with van der Waals surface area (Å²) >= 11 is 1.57. The first-order valence-electron chi connectivity index (χ1n) is 7.12. The number of likely N-dealkylation sites (tertiary alicyclic amines) is 1. The van der Waals surface area contributed by atoms with Gasteiger partial charge in [-0.15, -0.1) is 0 Å². The quantitative estimate of drug-likeness (QED) is 0.553.